The molecule has 2 rings (SSSR count). The number of carbonyl (C=O) groups excluding carboxylic acids is 1. The quantitative estimate of drug-likeness (QED) is 0.729. The first kappa shape index (κ1) is 12.6. The smallest absolute Gasteiger partial charge is 0.265 e. The first-order valence-corrected chi connectivity index (χ1v) is 5.76. The van der Waals surface area contributed by atoms with Crippen molar-refractivity contribution >= 4 is 11.6 Å². The van der Waals surface area contributed by atoms with Gasteiger partial charge in [-0.05, 0) is 31.5 Å². The molecule has 0 atom stereocenters. The van der Waals surface area contributed by atoms with Crippen LogP contribution in [0.2, 0.25) is 0 Å². The Morgan fingerprint density at radius 1 is 1.38 bits per heavy atom. The monoisotopic (exact) mass is 221 g/mol. The van der Waals surface area contributed by atoms with Gasteiger partial charge in [0.25, 0.3) is 5.91 Å². The van der Waals surface area contributed by atoms with Gasteiger partial charge in [0.2, 0.25) is 0 Å². The second kappa shape index (κ2) is 5.54. The molecule has 1 aromatic rings. The van der Waals surface area contributed by atoms with Gasteiger partial charge >= 0.3 is 0 Å². The van der Waals surface area contributed by atoms with Crippen LogP contribution in [0.25, 0.3) is 0 Å². The molecule has 1 aliphatic heterocycles. The SMILES string of the molecule is CC.CCN1C(=O)COc2cc(C)ccc21. The molecule has 1 aromatic carbocycles. The van der Waals surface area contributed by atoms with Gasteiger partial charge in [0.1, 0.15) is 5.75 Å². The summed E-state index contributed by atoms with van der Waals surface area (Å²) in [5.41, 5.74) is 2.03. The maximum atomic E-state index is 11.5. The van der Waals surface area contributed by atoms with Gasteiger partial charge in [0.05, 0.1) is 5.69 Å². The van der Waals surface area contributed by atoms with Crippen LogP contribution in [0.1, 0.15) is 26.3 Å². The van der Waals surface area contributed by atoms with E-state index in [0.29, 0.717) is 6.54 Å². The van der Waals surface area contributed by atoms with Gasteiger partial charge < -0.3 is 9.64 Å². The van der Waals surface area contributed by atoms with Gasteiger partial charge in [0.15, 0.2) is 6.61 Å². The van der Waals surface area contributed by atoms with Crippen molar-refractivity contribution in [3.05, 3.63) is 23.8 Å². The summed E-state index contributed by atoms with van der Waals surface area (Å²) < 4.78 is 5.36. The number of likely N-dealkylation sites (N-methyl/N-ethyl adjacent to an activating group) is 1. The molecule has 88 valence electrons. The number of benzene rings is 1. The lowest BCUT2D eigenvalue weighted by molar-refractivity contribution is -0.121. The minimum Gasteiger partial charge on any atom is -0.482 e. The Morgan fingerprint density at radius 2 is 2.06 bits per heavy atom. The van der Waals surface area contributed by atoms with Crippen LogP contribution in [0.5, 0.6) is 5.75 Å². The zero-order valence-electron chi connectivity index (χ0n) is 10.4. The Bertz CT molecular complexity index is 374. The highest BCUT2D eigenvalue weighted by molar-refractivity contribution is 5.97. The molecule has 0 unspecified atom stereocenters. The molecule has 0 saturated carbocycles. The molecule has 3 nitrogen and oxygen atoms in total. The summed E-state index contributed by atoms with van der Waals surface area (Å²) in [7, 11) is 0. The number of ether oxygens (including phenoxy) is 1. The summed E-state index contributed by atoms with van der Waals surface area (Å²) in [6.45, 7) is 8.83. The van der Waals surface area contributed by atoms with E-state index in [1.165, 1.54) is 0 Å². The molecular weight excluding hydrogens is 202 g/mol. The normalized spacial score (nSPS) is 13.5. The second-order valence-electron chi connectivity index (χ2n) is 3.40. The highest BCUT2D eigenvalue weighted by atomic mass is 16.5. The second-order valence-corrected chi connectivity index (χ2v) is 3.40. The van der Waals surface area contributed by atoms with Gasteiger partial charge in [-0.15, -0.1) is 0 Å². The maximum Gasteiger partial charge on any atom is 0.265 e. The van der Waals surface area contributed by atoms with E-state index < -0.39 is 0 Å². The van der Waals surface area contributed by atoms with Gasteiger partial charge in [0, 0.05) is 6.54 Å². The van der Waals surface area contributed by atoms with Crippen LogP contribution in [-0.4, -0.2) is 19.1 Å². The Labute approximate surface area is 97.0 Å². The predicted molar refractivity (Wildman–Crippen MR) is 66.0 cm³/mol. The van der Waals surface area contributed by atoms with Crippen LogP contribution in [0.4, 0.5) is 5.69 Å². The van der Waals surface area contributed by atoms with E-state index in [0.717, 1.165) is 17.0 Å². The molecule has 1 heterocycles. The third kappa shape index (κ3) is 2.35. The molecule has 16 heavy (non-hydrogen) atoms. The lowest BCUT2D eigenvalue weighted by Crippen LogP contribution is -2.38. The van der Waals surface area contributed by atoms with Gasteiger partial charge in [-0.3, -0.25) is 4.79 Å². The largest absolute Gasteiger partial charge is 0.482 e. The van der Waals surface area contributed by atoms with E-state index in [-0.39, 0.29) is 12.5 Å². The Morgan fingerprint density at radius 3 is 2.69 bits per heavy atom. The molecule has 0 N–H and O–H groups in total. The Hall–Kier alpha value is -1.51. The highest BCUT2D eigenvalue weighted by Crippen LogP contribution is 2.32. The summed E-state index contributed by atoms with van der Waals surface area (Å²) in [5.74, 6) is 0.843. The molecule has 1 amide bonds. The molecule has 0 radical (unpaired) electrons. The fourth-order valence-corrected chi connectivity index (χ4v) is 1.66. The fraction of sp³-hybridized carbons (Fsp3) is 0.462. The number of nitrogens with zero attached hydrogens (tertiary/aromatic N) is 1. The first-order chi connectivity index (χ1) is 7.72. The van der Waals surface area contributed by atoms with Crippen LogP contribution in [0.3, 0.4) is 0 Å². The topological polar surface area (TPSA) is 29.5 Å². The highest BCUT2D eigenvalue weighted by Gasteiger charge is 2.23. The number of anilines is 1. The number of amides is 1. The number of aryl methyl sites for hydroxylation is 1. The van der Waals surface area contributed by atoms with Crippen molar-refractivity contribution in [2.24, 2.45) is 0 Å². The summed E-state index contributed by atoms with van der Waals surface area (Å²) in [6.07, 6.45) is 0. The van der Waals surface area contributed by atoms with Crippen LogP contribution in [0.15, 0.2) is 18.2 Å². The van der Waals surface area contributed by atoms with Crippen molar-refractivity contribution in [1.29, 1.82) is 0 Å². The molecule has 1 aliphatic rings. The standard InChI is InChI=1S/C11H13NO2.C2H6/c1-3-12-9-5-4-8(2)6-10(9)14-7-11(12)13;1-2/h4-6H,3,7H2,1-2H3;1-2H3. The van der Waals surface area contributed by atoms with Crippen molar-refractivity contribution in [1.82, 2.24) is 0 Å². The number of rotatable bonds is 1. The van der Waals surface area contributed by atoms with E-state index >= 15 is 0 Å². The molecule has 0 saturated heterocycles. The third-order valence-corrected chi connectivity index (χ3v) is 2.37. The lowest BCUT2D eigenvalue weighted by Gasteiger charge is -2.28. The van der Waals surface area contributed by atoms with Crippen molar-refractivity contribution in [3.63, 3.8) is 0 Å². The third-order valence-electron chi connectivity index (χ3n) is 2.37. The number of fused-ring (bicyclic) bond motifs is 1. The Balaban J connectivity index is 0.000000606. The van der Waals surface area contributed by atoms with E-state index in [2.05, 4.69) is 0 Å². The molecular formula is C13H19NO2. The van der Waals surface area contributed by atoms with E-state index in [4.69, 9.17) is 4.74 Å². The van der Waals surface area contributed by atoms with Crippen molar-refractivity contribution in [3.8, 4) is 5.75 Å². The summed E-state index contributed by atoms with van der Waals surface area (Å²) in [4.78, 5) is 13.2. The predicted octanol–water partition coefficient (Wildman–Crippen LogP) is 2.77. The van der Waals surface area contributed by atoms with Crippen molar-refractivity contribution in [2.75, 3.05) is 18.1 Å². The molecule has 0 aromatic heterocycles. The summed E-state index contributed by atoms with van der Waals surface area (Å²) in [5, 5.41) is 0. The lowest BCUT2D eigenvalue weighted by atomic mass is 10.1. The zero-order valence-corrected chi connectivity index (χ0v) is 10.4. The molecule has 0 aliphatic carbocycles. The van der Waals surface area contributed by atoms with Crippen LogP contribution >= 0.6 is 0 Å². The van der Waals surface area contributed by atoms with Gasteiger partial charge in [-0.2, -0.15) is 0 Å². The fourth-order valence-electron chi connectivity index (χ4n) is 1.66. The zero-order chi connectivity index (χ0) is 12.1. The van der Waals surface area contributed by atoms with Crippen molar-refractivity contribution in [2.45, 2.75) is 27.7 Å². The average molecular weight is 221 g/mol. The minimum atomic E-state index is 0.0313. The molecule has 0 spiro atoms. The minimum absolute atomic E-state index is 0.0313. The van der Waals surface area contributed by atoms with E-state index in [1.807, 2.05) is 45.9 Å². The first-order valence-electron chi connectivity index (χ1n) is 5.76. The molecule has 3 heteroatoms. The summed E-state index contributed by atoms with van der Waals surface area (Å²) in [6, 6.07) is 5.89. The number of hydrogen-bond acceptors (Lipinski definition) is 2. The average Bonchev–Trinajstić information content (AvgIpc) is 2.32. The number of hydrogen-bond donors (Lipinski definition) is 0. The van der Waals surface area contributed by atoms with Gasteiger partial charge in [-0.1, -0.05) is 19.9 Å². The summed E-state index contributed by atoms with van der Waals surface area (Å²) >= 11 is 0. The Kier molecular flexibility index (Phi) is 4.35. The van der Waals surface area contributed by atoms with Crippen LogP contribution in [0, 0.1) is 6.92 Å². The van der Waals surface area contributed by atoms with E-state index in [1.54, 1.807) is 4.90 Å². The molecule has 0 fully saturated rings. The van der Waals surface area contributed by atoms with E-state index in [9.17, 15) is 4.79 Å². The van der Waals surface area contributed by atoms with Gasteiger partial charge in [-0.25, -0.2) is 0 Å². The van der Waals surface area contributed by atoms with Crippen molar-refractivity contribution < 1.29 is 9.53 Å². The molecule has 0 bridgehead atoms. The van der Waals surface area contributed by atoms with Crippen LogP contribution < -0.4 is 9.64 Å². The number of carbonyl (C=O) groups is 1. The van der Waals surface area contributed by atoms with Crippen LogP contribution in [-0.2, 0) is 4.79 Å². The maximum absolute atomic E-state index is 11.5.